The molecule has 0 aliphatic heterocycles. The lowest BCUT2D eigenvalue weighted by atomic mass is 9.92. The van der Waals surface area contributed by atoms with Crippen molar-refractivity contribution in [1.29, 1.82) is 0 Å². The van der Waals surface area contributed by atoms with Crippen molar-refractivity contribution in [2.24, 2.45) is 0 Å². The Labute approximate surface area is 151 Å². The van der Waals surface area contributed by atoms with Crippen LogP contribution in [-0.4, -0.2) is 78.5 Å². The van der Waals surface area contributed by atoms with Crippen LogP contribution in [0.25, 0.3) is 0 Å². The highest BCUT2D eigenvalue weighted by Gasteiger charge is 2.29. The predicted molar refractivity (Wildman–Crippen MR) is 95.3 cm³/mol. The summed E-state index contributed by atoms with van der Waals surface area (Å²) in [6.45, 7) is 6.30. The van der Waals surface area contributed by atoms with Gasteiger partial charge in [0.15, 0.2) is 0 Å². The number of ether oxygens (including phenoxy) is 2. The van der Waals surface area contributed by atoms with Crippen LogP contribution in [0, 0.1) is 0 Å². The van der Waals surface area contributed by atoms with Crippen LogP contribution in [0.3, 0.4) is 0 Å². The van der Waals surface area contributed by atoms with E-state index in [1.54, 1.807) is 19.0 Å². The lowest BCUT2D eigenvalue weighted by molar-refractivity contribution is -0.132. The lowest BCUT2D eigenvalue weighted by Gasteiger charge is -2.35. The molecule has 1 rings (SSSR count). The summed E-state index contributed by atoms with van der Waals surface area (Å²) in [4.78, 5) is 27.1. The zero-order valence-electron chi connectivity index (χ0n) is 16.3. The molecule has 0 atom stereocenters. The molecular formula is C18H34N2O5. The summed E-state index contributed by atoms with van der Waals surface area (Å²) in [6, 6.07) is 0.173. The zero-order chi connectivity index (χ0) is 19.0. The van der Waals surface area contributed by atoms with Crippen molar-refractivity contribution in [3.8, 4) is 0 Å². The third-order valence-electron chi connectivity index (χ3n) is 4.40. The Morgan fingerprint density at radius 2 is 1.72 bits per heavy atom. The average molecular weight is 358 g/mol. The molecule has 7 nitrogen and oxygen atoms in total. The van der Waals surface area contributed by atoms with Gasteiger partial charge in [-0.15, -0.1) is 0 Å². The zero-order valence-corrected chi connectivity index (χ0v) is 16.3. The molecule has 25 heavy (non-hydrogen) atoms. The second-order valence-electron chi connectivity index (χ2n) is 7.68. The number of likely N-dealkylation sites (N-methyl/N-ethyl adjacent to an activating group) is 1. The molecule has 146 valence electrons. The molecule has 0 unspecified atom stereocenters. The molecule has 0 bridgehead atoms. The summed E-state index contributed by atoms with van der Waals surface area (Å²) in [7, 11) is 3.46. The second-order valence-corrected chi connectivity index (χ2v) is 7.68. The predicted octanol–water partition coefficient (Wildman–Crippen LogP) is 2.02. The second kappa shape index (κ2) is 9.97. The molecule has 0 saturated heterocycles. The summed E-state index contributed by atoms with van der Waals surface area (Å²) < 4.78 is 11.2. The average Bonchev–Trinajstić information content (AvgIpc) is 2.53. The number of nitrogens with zero attached hydrogens (tertiary/aromatic N) is 2. The lowest BCUT2D eigenvalue weighted by Crippen LogP contribution is -2.43. The number of aliphatic hydroxyl groups is 1. The van der Waals surface area contributed by atoms with E-state index in [9.17, 15) is 9.59 Å². The molecule has 1 N–H and O–H groups in total. The summed E-state index contributed by atoms with van der Waals surface area (Å²) in [5, 5.41) is 8.82. The third-order valence-corrected chi connectivity index (χ3v) is 4.40. The summed E-state index contributed by atoms with van der Waals surface area (Å²) >= 11 is 0. The van der Waals surface area contributed by atoms with E-state index in [4.69, 9.17) is 14.6 Å². The van der Waals surface area contributed by atoms with E-state index in [0.29, 0.717) is 19.6 Å². The molecule has 1 aliphatic carbocycles. The number of aliphatic hydroxyl groups excluding tert-OH is 1. The molecular weight excluding hydrogens is 324 g/mol. The maximum Gasteiger partial charge on any atom is 0.410 e. The van der Waals surface area contributed by atoms with Crippen LogP contribution >= 0.6 is 0 Å². The van der Waals surface area contributed by atoms with Gasteiger partial charge >= 0.3 is 6.09 Å². The molecule has 0 heterocycles. The van der Waals surface area contributed by atoms with Crippen molar-refractivity contribution in [2.45, 2.75) is 70.6 Å². The minimum Gasteiger partial charge on any atom is -0.444 e. The summed E-state index contributed by atoms with van der Waals surface area (Å²) in [5.74, 6) is -0.0209. The van der Waals surface area contributed by atoms with Crippen LogP contribution in [0.2, 0.25) is 0 Å². The van der Waals surface area contributed by atoms with Gasteiger partial charge in [0, 0.05) is 26.7 Å². The van der Waals surface area contributed by atoms with Gasteiger partial charge in [-0.05, 0) is 46.5 Å². The number of rotatable bonds is 7. The van der Waals surface area contributed by atoms with E-state index in [-0.39, 0.29) is 30.8 Å². The first kappa shape index (κ1) is 21.7. The van der Waals surface area contributed by atoms with E-state index >= 15 is 0 Å². The molecule has 0 spiro atoms. The van der Waals surface area contributed by atoms with Gasteiger partial charge in [0.1, 0.15) is 5.60 Å². The standard InChI is InChI=1S/C18H34N2O5/c1-18(2,3)25-17(23)20(5)14-6-8-15(9-7-14)24-13-10-16(22)19(4)11-12-21/h14-15,21H,6-13H2,1-5H3. The van der Waals surface area contributed by atoms with E-state index in [1.165, 1.54) is 4.90 Å². The molecule has 0 aromatic carbocycles. The fraction of sp³-hybridized carbons (Fsp3) is 0.889. The minimum absolute atomic E-state index is 0.0209. The topological polar surface area (TPSA) is 79.3 Å². The monoisotopic (exact) mass is 358 g/mol. The van der Waals surface area contributed by atoms with E-state index in [1.807, 2.05) is 20.8 Å². The Hall–Kier alpha value is -1.34. The van der Waals surface area contributed by atoms with Crippen LogP contribution in [0.5, 0.6) is 0 Å². The van der Waals surface area contributed by atoms with Crippen molar-refractivity contribution in [3.63, 3.8) is 0 Å². The number of amides is 2. The van der Waals surface area contributed by atoms with Crippen LogP contribution < -0.4 is 0 Å². The first-order chi connectivity index (χ1) is 11.6. The highest BCUT2D eigenvalue weighted by Crippen LogP contribution is 2.25. The number of carbonyl (C=O) groups is 2. The Morgan fingerprint density at radius 1 is 1.12 bits per heavy atom. The van der Waals surface area contributed by atoms with Crippen molar-refractivity contribution in [3.05, 3.63) is 0 Å². The van der Waals surface area contributed by atoms with Gasteiger partial charge in [-0.25, -0.2) is 4.79 Å². The molecule has 2 amide bonds. The van der Waals surface area contributed by atoms with Crippen molar-refractivity contribution >= 4 is 12.0 Å². The number of hydrogen-bond donors (Lipinski definition) is 1. The summed E-state index contributed by atoms with van der Waals surface area (Å²) in [5.41, 5.74) is -0.485. The highest BCUT2D eigenvalue weighted by molar-refractivity contribution is 5.75. The SMILES string of the molecule is CN(CCO)C(=O)CCOC1CCC(N(C)C(=O)OC(C)(C)C)CC1. The van der Waals surface area contributed by atoms with Crippen LogP contribution in [-0.2, 0) is 14.3 Å². The number of hydrogen-bond acceptors (Lipinski definition) is 5. The fourth-order valence-corrected chi connectivity index (χ4v) is 2.86. The maximum atomic E-state index is 12.1. The van der Waals surface area contributed by atoms with Gasteiger partial charge in [0.2, 0.25) is 5.91 Å². The third kappa shape index (κ3) is 8.05. The van der Waals surface area contributed by atoms with Gasteiger partial charge in [-0.1, -0.05) is 0 Å². The maximum absolute atomic E-state index is 12.1. The fourth-order valence-electron chi connectivity index (χ4n) is 2.86. The smallest absolute Gasteiger partial charge is 0.410 e. The molecule has 1 fully saturated rings. The Balaban J connectivity index is 2.27. The van der Waals surface area contributed by atoms with Crippen LogP contribution in [0.15, 0.2) is 0 Å². The Kier molecular flexibility index (Phi) is 8.65. The van der Waals surface area contributed by atoms with Crippen molar-refractivity contribution in [1.82, 2.24) is 9.80 Å². The largest absolute Gasteiger partial charge is 0.444 e. The minimum atomic E-state index is -0.485. The normalized spacial score (nSPS) is 20.9. The van der Waals surface area contributed by atoms with E-state index in [0.717, 1.165) is 25.7 Å². The molecule has 1 aliphatic rings. The van der Waals surface area contributed by atoms with Gasteiger partial charge in [0.05, 0.1) is 25.7 Å². The number of carbonyl (C=O) groups excluding carboxylic acids is 2. The van der Waals surface area contributed by atoms with Gasteiger partial charge in [0.25, 0.3) is 0 Å². The van der Waals surface area contributed by atoms with Crippen molar-refractivity contribution < 1.29 is 24.2 Å². The van der Waals surface area contributed by atoms with Crippen LogP contribution in [0.1, 0.15) is 52.9 Å². The molecule has 0 aromatic heterocycles. The first-order valence-corrected chi connectivity index (χ1v) is 9.06. The highest BCUT2D eigenvalue weighted by atomic mass is 16.6. The van der Waals surface area contributed by atoms with Gasteiger partial charge < -0.3 is 24.4 Å². The van der Waals surface area contributed by atoms with Crippen LogP contribution in [0.4, 0.5) is 4.79 Å². The Morgan fingerprint density at radius 3 is 2.24 bits per heavy atom. The molecule has 0 radical (unpaired) electrons. The van der Waals surface area contributed by atoms with E-state index in [2.05, 4.69) is 0 Å². The molecule has 1 saturated carbocycles. The molecule has 7 heteroatoms. The van der Waals surface area contributed by atoms with Crippen molar-refractivity contribution in [2.75, 3.05) is 33.9 Å². The Bertz CT molecular complexity index is 428. The quantitative estimate of drug-likeness (QED) is 0.753. The first-order valence-electron chi connectivity index (χ1n) is 9.06. The van der Waals surface area contributed by atoms with Gasteiger partial charge in [-0.3, -0.25) is 4.79 Å². The van der Waals surface area contributed by atoms with Gasteiger partial charge in [-0.2, -0.15) is 0 Å². The summed E-state index contributed by atoms with van der Waals surface area (Å²) in [6.07, 6.45) is 3.68. The molecule has 0 aromatic rings. The van der Waals surface area contributed by atoms with E-state index < -0.39 is 5.60 Å².